The van der Waals surface area contributed by atoms with Gasteiger partial charge in [-0.25, -0.2) is 4.79 Å². The molecular formula is C20H27N5O. The molecule has 2 aliphatic heterocycles. The van der Waals surface area contributed by atoms with Crippen LogP contribution in [-0.2, 0) is 6.54 Å². The zero-order valence-corrected chi connectivity index (χ0v) is 15.2. The molecule has 1 atom stereocenters. The summed E-state index contributed by atoms with van der Waals surface area (Å²) < 4.78 is 1.87. The molecule has 2 amide bonds. The van der Waals surface area contributed by atoms with E-state index in [0.717, 1.165) is 30.8 Å². The van der Waals surface area contributed by atoms with Crippen molar-refractivity contribution in [2.75, 3.05) is 31.5 Å². The topological polar surface area (TPSA) is 53.4 Å². The number of urea groups is 1. The summed E-state index contributed by atoms with van der Waals surface area (Å²) in [5.74, 6) is 0. The van der Waals surface area contributed by atoms with E-state index in [1.807, 2.05) is 46.1 Å². The molecule has 4 rings (SSSR count). The molecule has 2 fully saturated rings. The number of aromatic nitrogens is 2. The van der Waals surface area contributed by atoms with Crippen LogP contribution in [0.5, 0.6) is 0 Å². The van der Waals surface area contributed by atoms with Crippen molar-refractivity contribution in [1.29, 1.82) is 0 Å². The quantitative estimate of drug-likeness (QED) is 0.919. The summed E-state index contributed by atoms with van der Waals surface area (Å²) in [4.78, 5) is 17.4. The number of anilines is 1. The zero-order valence-electron chi connectivity index (χ0n) is 15.2. The van der Waals surface area contributed by atoms with Crippen molar-refractivity contribution in [3.63, 3.8) is 0 Å². The monoisotopic (exact) mass is 353 g/mol. The number of rotatable bonds is 4. The molecule has 0 saturated carbocycles. The first kappa shape index (κ1) is 17.1. The summed E-state index contributed by atoms with van der Waals surface area (Å²) in [5.41, 5.74) is 1.94. The maximum absolute atomic E-state index is 12.9. The Kier molecular flexibility index (Phi) is 5.20. The minimum absolute atomic E-state index is 0.0156. The van der Waals surface area contributed by atoms with Gasteiger partial charge in [0.2, 0.25) is 0 Å². The van der Waals surface area contributed by atoms with Gasteiger partial charge in [-0.2, -0.15) is 5.10 Å². The van der Waals surface area contributed by atoms with Crippen LogP contribution in [-0.4, -0.2) is 57.8 Å². The Morgan fingerprint density at radius 3 is 2.77 bits per heavy atom. The van der Waals surface area contributed by atoms with Crippen molar-refractivity contribution in [2.24, 2.45) is 0 Å². The van der Waals surface area contributed by atoms with Gasteiger partial charge in [0, 0.05) is 37.2 Å². The lowest BCUT2D eigenvalue weighted by molar-refractivity contribution is 0.132. The molecule has 1 aromatic heterocycles. The third kappa shape index (κ3) is 3.90. The van der Waals surface area contributed by atoms with E-state index in [0.29, 0.717) is 12.6 Å². The zero-order chi connectivity index (χ0) is 17.8. The third-order valence-corrected chi connectivity index (χ3v) is 5.49. The molecule has 138 valence electrons. The lowest BCUT2D eigenvalue weighted by atomic mass is 10.0. The normalized spacial score (nSPS) is 21.1. The minimum Gasteiger partial charge on any atom is -0.323 e. The fraction of sp³-hybridized carbons (Fsp3) is 0.500. The molecule has 0 unspecified atom stereocenters. The fourth-order valence-corrected chi connectivity index (χ4v) is 4.09. The molecule has 0 bridgehead atoms. The highest BCUT2D eigenvalue weighted by Gasteiger charge is 2.29. The molecule has 26 heavy (non-hydrogen) atoms. The molecule has 1 aromatic carbocycles. The number of hydrogen-bond acceptors (Lipinski definition) is 3. The minimum atomic E-state index is 0.0156. The first-order valence-corrected chi connectivity index (χ1v) is 9.65. The van der Waals surface area contributed by atoms with E-state index in [2.05, 4.69) is 15.3 Å². The number of piperidine rings is 1. The van der Waals surface area contributed by atoms with Crippen LogP contribution in [0.1, 0.15) is 31.2 Å². The van der Waals surface area contributed by atoms with Gasteiger partial charge in [0.25, 0.3) is 0 Å². The number of amides is 2. The van der Waals surface area contributed by atoms with Gasteiger partial charge >= 0.3 is 6.03 Å². The highest BCUT2D eigenvalue weighted by atomic mass is 16.2. The second-order valence-electron chi connectivity index (χ2n) is 7.28. The van der Waals surface area contributed by atoms with Gasteiger partial charge in [0.05, 0.1) is 6.54 Å². The third-order valence-electron chi connectivity index (χ3n) is 5.49. The average molecular weight is 353 g/mol. The summed E-state index contributed by atoms with van der Waals surface area (Å²) in [6.45, 7) is 4.71. The molecule has 6 nitrogen and oxygen atoms in total. The van der Waals surface area contributed by atoms with E-state index in [1.165, 1.54) is 32.4 Å². The van der Waals surface area contributed by atoms with Crippen LogP contribution in [0.4, 0.5) is 10.5 Å². The van der Waals surface area contributed by atoms with Gasteiger partial charge in [-0.1, -0.05) is 18.2 Å². The van der Waals surface area contributed by atoms with Crippen molar-refractivity contribution in [3.8, 4) is 0 Å². The molecule has 0 radical (unpaired) electrons. The number of hydrogen-bond donors (Lipinski definition) is 1. The van der Waals surface area contributed by atoms with E-state index >= 15 is 0 Å². The van der Waals surface area contributed by atoms with Gasteiger partial charge < -0.3 is 10.2 Å². The van der Waals surface area contributed by atoms with Crippen molar-refractivity contribution < 1.29 is 4.79 Å². The Hall–Kier alpha value is -2.34. The Balaban J connectivity index is 1.41. The van der Waals surface area contributed by atoms with Crippen LogP contribution in [0.25, 0.3) is 0 Å². The number of likely N-dealkylation sites (tertiary alicyclic amines) is 2. The maximum Gasteiger partial charge on any atom is 0.321 e. The highest BCUT2D eigenvalue weighted by molar-refractivity contribution is 5.90. The average Bonchev–Trinajstić information content (AvgIpc) is 3.37. The summed E-state index contributed by atoms with van der Waals surface area (Å²) >= 11 is 0. The van der Waals surface area contributed by atoms with Crippen LogP contribution in [0.2, 0.25) is 0 Å². The number of nitrogens with zero attached hydrogens (tertiary/aromatic N) is 4. The number of carbonyl (C=O) groups excluding carboxylic acids is 1. The van der Waals surface area contributed by atoms with Crippen LogP contribution < -0.4 is 5.32 Å². The predicted octanol–water partition coefficient (Wildman–Crippen LogP) is 3.02. The van der Waals surface area contributed by atoms with Crippen LogP contribution in [0.3, 0.4) is 0 Å². The van der Waals surface area contributed by atoms with Gasteiger partial charge in [-0.15, -0.1) is 0 Å². The first-order valence-electron chi connectivity index (χ1n) is 9.65. The van der Waals surface area contributed by atoms with E-state index in [-0.39, 0.29) is 6.03 Å². The van der Waals surface area contributed by atoms with Crippen molar-refractivity contribution in [1.82, 2.24) is 19.6 Å². The van der Waals surface area contributed by atoms with E-state index < -0.39 is 0 Å². The predicted molar refractivity (Wildman–Crippen MR) is 102 cm³/mol. The largest absolute Gasteiger partial charge is 0.323 e. The number of benzene rings is 1. The summed E-state index contributed by atoms with van der Waals surface area (Å²) in [7, 11) is 0. The highest BCUT2D eigenvalue weighted by Crippen LogP contribution is 2.22. The molecule has 2 saturated heterocycles. The van der Waals surface area contributed by atoms with E-state index in [1.54, 1.807) is 6.20 Å². The van der Waals surface area contributed by atoms with Crippen LogP contribution in [0, 0.1) is 0 Å². The lowest BCUT2D eigenvalue weighted by Gasteiger charge is -2.37. The molecule has 6 heteroatoms. The van der Waals surface area contributed by atoms with Crippen LogP contribution >= 0.6 is 0 Å². The molecule has 2 aliphatic rings. The second-order valence-corrected chi connectivity index (χ2v) is 7.28. The molecule has 0 aliphatic carbocycles. The number of para-hydroxylation sites is 1. The van der Waals surface area contributed by atoms with Gasteiger partial charge in [0.1, 0.15) is 0 Å². The molecule has 0 spiro atoms. The number of nitrogens with one attached hydrogen (secondary N) is 1. The van der Waals surface area contributed by atoms with E-state index in [9.17, 15) is 4.79 Å². The van der Waals surface area contributed by atoms with E-state index in [4.69, 9.17) is 0 Å². The summed E-state index contributed by atoms with van der Waals surface area (Å²) in [5, 5.41) is 7.39. The molecule has 3 heterocycles. The standard InChI is InChI=1S/C20H27N5O/c26-20(24-13-5-8-18(16-24)23-11-3-4-12-23)22-19-9-2-1-7-17(19)15-25-14-6-10-21-25/h1-2,6-7,9-10,14,18H,3-5,8,11-13,15-16H2,(H,22,26)/t18-/m0/s1. The lowest BCUT2D eigenvalue weighted by Crippen LogP contribution is -2.50. The molecule has 2 aromatic rings. The smallest absolute Gasteiger partial charge is 0.321 e. The molecule has 1 N–H and O–H groups in total. The second kappa shape index (κ2) is 7.91. The van der Waals surface area contributed by atoms with Crippen molar-refractivity contribution in [2.45, 2.75) is 38.3 Å². The molecular weight excluding hydrogens is 326 g/mol. The Bertz CT molecular complexity index is 724. The summed E-state index contributed by atoms with van der Waals surface area (Å²) in [6, 6.07) is 10.4. The fourth-order valence-electron chi connectivity index (χ4n) is 4.09. The van der Waals surface area contributed by atoms with Crippen LogP contribution in [0.15, 0.2) is 42.7 Å². The Morgan fingerprint density at radius 2 is 1.96 bits per heavy atom. The van der Waals surface area contributed by atoms with Crippen molar-refractivity contribution >= 4 is 11.7 Å². The van der Waals surface area contributed by atoms with Gasteiger partial charge in [-0.05, 0) is 56.5 Å². The van der Waals surface area contributed by atoms with Crippen molar-refractivity contribution in [3.05, 3.63) is 48.3 Å². The van der Waals surface area contributed by atoms with Gasteiger partial charge in [0.15, 0.2) is 0 Å². The maximum atomic E-state index is 12.9. The first-order chi connectivity index (χ1) is 12.8. The number of carbonyl (C=O) groups is 1. The Morgan fingerprint density at radius 1 is 1.12 bits per heavy atom. The summed E-state index contributed by atoms with van der Waals surface area (Å²) in [6.07, 6.45) is 8.59. The van der Waals surface area contributed by atoms with Gasteiger partial charge in [-0.3, -0.25) is 9.58 Å². The SMILES string of the molecule is O=C(Nc1ccccc1Cn1cccn1)N1CCC[C@H](N2CCCC2)C1. The Labute approximate surface area is 154 Å².